The fourth-order valence-electron chi connectivity index (χ4n) is 2.53. The average Bonchev–Trinajstić information content (AvgIpc) is 2.74. The van der Waals surface area contributed by atoms with E-state index in [2.05, 4.69) is 0 Å². The molecule has 1 atom stereocenters. The number of ether oxygens (including phenoxy) is 1. The van der Waals surface area contributed by atoms with Gasteiger partial charge in [-0.2, -0.15) is 0 Å². The molecule has 0 aromatic rings. The van der Waals surface area contributed by atoms with Gasteiger partial charge in [0.1, 0.15) is 0 Å². The molecule has 0 bridgehead atoms. The van der Waals surface area contributed by atoms with Gasteiger partial charge in [-0.3, -0.25) is 0 Å². The summed E-state index contributed by atoms with van der Waals surface area (Å²) in [6.07, 6.45) is 4.72. The SMILES string of the molecule is NCCC1(CS(=O)(=O)CC2CCCO2)CC1. The van der Waals surface area contributed by atoms with Gasteiger partial charge >= 0.3 is 0 Å². The lowest BCUT2D eigenvalue weighted by molar-refractivity contribution is 0.127. The van der Waals surface area contributed by atoms with Crippen LogP contribution in [0.3, 0.4) is 0 Å². The van der Waals surface area contributed by atoms with E-state index in [-0.39, 0.29) is 17.3 Å². The second kappa shape index (κ2) is 4.63. The van der Waals surface area contributed by atoms with Crippen LogP contribution < -0.4 is 5.73 Å². The monoisotopic (exact) mass is 247 g/mol. The van der Waals surface area contributed by atoms with E-state index in [0.717, 1.165) is 32.1 Å². The molecule has 1 heterocycles. The minimum absolute atomic E-state index is 0.0200. The Morgan fingerprint density at radius 3 is 2.62 bits per heavy atom. The standard InChI is InChI=1S/C11H21NO3S/c12-6-5-11(3-4-11)9-16(13,14)8-10-2-1-7-15-10/h10H,1-9,12H2. The van der Waals surface area contributed by atoms with Crippen LogP contribution in [0.25, 0.3) is 0 Å². The van der Waals surface area contributed by atoms with E-state index in [0.29, 0.717) is 18.9 Å². The molecule has 1 aliphatic carbocycles. The Balaban J connectivity index is 1.87. The fraction of sp³-hybridized carbons (Fsp3) is 1.00. The van der Waals surface area contributed by atoms with Crippen molar-refractivity contribution in [1.29, 1.82) is 0 Å². The number of hydrogen-bond donors (Lipinski definition) is 1. The van der Waals surface area contributed by atoms with E-state index in [1.165, 1.54) is 0 Å². The Morgan fingerprint density at radius 1 is 1.38 bits per heavy atom. The first-order chi connectivity index (χ1) is 7.55. The Kier molecular flexibility index (Phi) is 3.56. The van der Waals surface area contributed by atoms with E-state index in [4.69, 9.17) is 10.5 Å². The Bertz CT molecular complexity index is 329. The van der Waals surface area contributed by atoms with Gasteiger partial charge < -0.3 is 10.5 Å². The third kappa shape index (κ3) is 3.18. The molecule has 94 valence electrons. The molecule has 0 radical (unpaired) electrons. The number of nitrogens with two attached hydrogens (primary N) is 1. The summed E-state index contributed by atoms with van der Waals surface area (Å²) in [6.45, 7) is 1.31. The van der Waals surface area contributed by atoms with Gasteiger partial charge in [0, 0.05) is 6.61 Å². The summed E-state index contributed by atoms with van der Waals surface area (Å²) in [7, 11) is -2.96. The van der Waals surface area contributed by atoms with Gasteiger partial charge in [0.2, 0.25) is 0 Å². The maximum absolute atomic E-state index is 12.0. The molecule has 4 nitrogen and oxygen atoms in total. The third-order valence-electron chi connectivity index (χ3n) is 3.62. The maximum Gasteiger partial charge on any atom is 0.153 e. The summed E-state index contributed by atoms with van der Waals surface area (Å²) in [4.78, 5) is 0. The van der Waals surface area contributed by atoms with Gasteiger partial charge in [-0.25, -0.2) is 8.42 Å². The van der Waals surface area contributed by atoms with E-state index in [9.17, 15) is 8.42 Å². The predicted octanol–water partition coefficient (Wildman–Crippen LogP) is 0.709. The van der Waals surface area contributed by atoms with Crippen LogP contribution in [-0.4, -0.2) is 39.2 Å². The molecule has 0 aromatic heterocycles. The lowest BCUT2D eigenvalue weighted by atomic mass is 10.1. The van der Waals surface area contributed by atoms with Crippen molar-refractivity contribution in [2.45, 2.75) is 38.2 Å². The summed E-state index contributed by atoms with van der Waals surface area (Å²) >= 11 is 0. The first-order valence-corrected chi connectivity index (χ1v) is 7.90. The Hall–Kier alpha value is -0.130. The number of sulfone groups is 1. The zero-order valence-electron chi connectivity index (χ0n) is 9.65. The molecule has 1 aliphatic heterocycles. The average molecular weight is 247 g/mol. The molecular weight excluding hydrogens is 226 g/mol. The highest BCUT2D eigenvalue weighted by molar-refractivity contribution is 7.91. The third-order valence-corrected chi connectivity index (χ3v) is 5.55. The summed E-state index contributed by atoms with van der Waals surface area (Å²) in [5.74, 6) is 0.524. The first-order valence-electron chi connectivity index (χ1n) is 6.07. The van der Waals surface area contributed by atoms with E-state index >= 15 is 0 Å². The zero-order chi connectivity index (χ0) is 11.6. The maximum atomic E-state index is 12.0. The van der Waals surface area contributed by atoms with E-state index in [1.54, 1.807) is 0 Å². The molecular formula is C11H21NO3S. The summed E-state index contributed by atoms with van der Waals surface area (Å²) < 4.78 is 29.4. The molecule has 2 aliphatic rings. The normalized spacial score (nSPS) is 28.2. The van der Waals surface area contributed by atoms with Crippen molar-refractivity contribution in [3.05, 3.63) is 0 Å². The quantitative estimate of drug-likeness (QED) is 0.750. The summed E-state index contributed by atoms with van der Waals surface area (Å²) in [5.41, 5.74) is 5.54. The van der Waals surface area contributed by atoms with Gasteiger partial charge in [-0.15, -0.1) is 0 Å². The molecule has 1 saturated carbocycles. The van der Waals surface area contributed by atoms with Crippen molar-refractivity contribution in [2.75, 3.05) is 24.7 Å². The summed E-state index contributed by atoms with van der Waals surface area (Å²) in [6, 6.07) is 0. The topological polar surface area (TPSA) is 69.4 Å². The van der Waals surface area contributed by atoms with Crippen molar-refractivity contribution >= 4 is 9.84 Å². The molecule has 0 aromatic carbocycles. The van der Waals surface area contributed by atoms with Crippen LogP contribution in [0, 0.1) is 5.41 Å². The summed E-state index contributed by atoms with van der Waals surface area (Å²) in [5, 5.41) is 0. The molecule has 2 fully saturated rings. The van der Waals surface area contributed by atoms with Crippen LogP contribution in [-0.2, 0) is 14.6 Å². The van der Waals surface area contributed by atoms with Crippen molar-refractivity contribution in [1.82, 2.24) is 0 Å². The van der Waals surface area contributed by atoms with Crippen LogP contribution >= 0.6 is 0 Å². The van der Waals surface area contributed by atoms with Crippen molar-refractivity contribution in [3.8, 4) is 0 Å². The van der Waals surface area contributed by atoms with Gasteiger partial charge in [0.15, 0.2) is 9.84 Å². The number of hydrogen-bond acceptors (Lipinski definition) is 4. The minimum Gasteiger partial charge on any atom is -0.377 e. The van der Waals surface area contributed by atoms with Crippen LogP contribution in [0.2, 0.25) is 0 Å². The highest BCUT2D eigenvalue weighted by Crippen LogP contribution is 2.49. The largest absolute Gasteiger partial charge is 0.377 e. The van der Waals surface area contributed by atoms with Crippen molar-refractivity contribution in [3.63, 3.8) is 0 Å². The molecule has 0 amide bonds. The lowest BCUT2D eigenvalue weighted by Crippen LogP contribution is -2.27. The smallest absolute Gasteiger partial charge is 0.153 e. The Morgan fingerprint density at radius 2 is 2.12 bits per heavy atom. The molecule has 16 heavy (non-hydrogen) atoms. The van der Waals surface area contributed by atoms with Crippen LogP contribution in [0.1, 0.15) is 32.1 Å². The van der Waals surface area contributed by atoms with Gasteiger partial charge in [-0.1, -0.05) is 0 Å². The van der Waals surface area contributed by atoms with E-state index < -0.39 is 9.84 Å². The van der Waals surface area contributed by atoms with Gasteiger partial charge in [-0.05, 0) is 44.1 Å². The second-order valence-electron chi connectivity index (χ2n) is 5.23. The second-order valence-corrected chi connectivity index (χ2v) is 7.34. The molecule has 1 unspecified atom stereocenters. The van der Waals surface area contributed by atoms with Crippen LogP contribution in [0.5, 0.6) is 0 Å². The molecule has 0 spiro atoms. The minimum atomic E-state index is -2.96. The van der Waals surface area contributed by atoms with Gasteiger partial charge in [0.05, 0.1) is 17.6 Å². The van der Waals surface area contributed by atoms with Crippen LogP contribution in [0.15, 0.2) is 0 Å². The van der Waals surface area contributed by atoms with Crippen LogP contribution in [0.4, 0.5) is 0 Å². The van der Waals surface area contributed by atoms with Gasteiger partial charge in [0.25, 0.3) is 0 Å². The zero-order valence-corrected chi connectivity index (χ0v) is 10.5. The molecule has 5 heteroatoms. The van der Waals surface area contributed by atoms with Crippen molar-refractivity contribution in [2.24, 2.45) is 11.1 Å². The molecule has 1 saturated heterocycles. The lowest BCUT2D eigenvalue weighted by Gasteiger charge is -2.16. The molecule has 2 N–H and O–H groups in total. The molecule has 2 rings (SSSR count). The van der Waals surface area contributed by atoms with E-state index in [1.807, 2.05) is 0 Å². The highest BCUT2D eigenvalue weighted by atomic mass is 32.2. The number of rotatable bonds is 6. The highest BCUT2D eigenvalue weighted by Gasteiger charge is 2.45. The first kappa shape index (κ1) is 12.3. The predicted molar refractivity (Wildman–Crippen MR) is 63.0 cm³/mol. The van der Waals surface area contributed by atoms with Crippen molar-refractivity contribution < 1.29 is 13.2 Å². The fourth-order valence-corrected chi connectivity index (χ4v) is 4.85. The Labute approximate surface area is 97.5 Å².